The Kier molecular flexibility index (Phi) is 4.53. The molecule has 1 aliphatic heterocycles. The normalized spacial score (nSPS) is 20.2. The van der Waals surface area contributed by atoms with Crippen molar-refractivity contribution in [3.05, 3.63) is 23.8 Å². The molecule has 0 aromatic heterocycles. The van der Waals surface area contributed by atoms with E-state index in [0.717, 1.165) is 12.7 Å². The van der Waals surface area contributed by atoms with Crippen LogP contribution in [0.3, 0.4) is 0 Å². The zero-order valence-corrected chi connectivity index (χ0v) is 12.9. The van der Waals surface area contributed by atoms with Crippen molar-refractivity contribution in [1.82, 2.24) is 5.32 Å². The Bertz CT molecular complexity index is 636. The minimum absolute atomic E-state index is 0.0388. The maximum absolute atomic E-state index is 12.2. The number of amides is 1. The third-order valence-corrected chi connectivity index (χ3v) is 4.74. The average Bonchev–Trinajstić information content (AvgIpc) is 2.90. The molecule has 116 valence electrons. The second-order valence-corrected chi connectivity index (χ2v) is 7.46. The topological polar surface area (TPSA) is 98.5 Å². The predicted molar refractivity (Wildman–Crippen MR) is 79.8 cm³/mol. The van der Waals surface area contributed by atoms with Gasteiger partial charge in [0.25, 0.3) is 5.91 Å². The maximum Gasteiger partial charge on any atom is 0.251 e. The van der Waals surface area contributed by atoms with Crippen LogP contribution in [0.15, 0.2) is 23.1 Å². The molecule has 2 unspecified atom stereocenters. The van der Waals surface area contributed by atoms with Gasteiger partial charge in [-0.2, -0.15) is 0 Å². The molecule has 1 aromatic rings. The van der Waals surface area contributed by atoms with Gasteiger partial charge in [-0.1, -0.05) is 0 Å². The smallest absolute Gasteiger partial charge is 0.251 e. The minimum Gasteiger partial charge on any atom is -0.399 e. The summed E-state index contributed by atoms with van der Waals surface area (Å²) in [7, 11) is -3.41. The zero-order valence-electron chi connectivity index (χ0n) is 12.1. The van der Waals surface area contributed by atoms with E-state index in [9.17, 15) is 13.2 Å². The number of nitrogen functional groups attached to an aromatic ring is 1. The lowest BCUT2D eigenvalue weighted by Gasteiger charge is -2.19. The highest BCUT2D eigenvalue weighted by Gasteiger charge is 2.24. The van der Waals surface area contributed by atoms with E-state index in [-0.39, 0.29) is 34.0 Å². The summed E-state index contributed by atoms with van der Waals surface area (Å²) in [6.45, 7) is 3.26. The van der Waals surface area contributed by atoms with Crippen molar-refractivity contribution in [2.75, 3.05) is 25.2 Å². The van der Waals surface area contributed by atoms with E-state index in [4.69, 9.17) is 10.5 Å². The number of carbonyl (C=O) groups is 1. The molecule has 2 rings (SSSR count). The molecular formula is C14H20N2O4S. The highest BCUT2D eigenvalue weighted by Crippen LogP contribution is 2.19. The number of rotatable bonds is 4. The first-order chi connectivity index (χ1) is 9.77. The number of carbonyl (C=O) groups excluding carboxylic acids is 1. The highest BCUT2D eigenvalue weighted by molar-refractivity contribution is 7.90. The lowest BCUT2D eigenvalue weighted by atomic mass is 10.0. The molecule has 6 nitrogen and oxygen atoms in total. The largest absolute Gasteiger partial charge is 0.399 e. The molecule has 0 radical (unpaired) electrons. The molecular weight excluding hydrogens is 292 g/mol. The quantitative estimate of drug-likeness (QED) is 0.802. The van der Waals surface area contributed by atoms with Gasteiger partial charge in [0, 0.05) is 36.1 Å². The Morgan fingerprint density at radius 2 is 2.14 bits per heavy atom. The predicted octanol–water partition coefficient (Wildman–Crippen LogP) is 0.827. The molecule has 21 heavy (non-hydrogen) atoms. The van der Waals surface area contributed by atoms with Crippen molar-refractivity contribution in [2.45, 2.75) is 24.3 Å². The van der Waals surface area contributed by atoms with Crippen LogP contribution in [0.5, 0.6) is 0 Å². The standard InChI is InChI=1S/C14H20N2O4S/c1-9(10-3-4-20-8-10)16-14(17)11-5-12(15)7-13(6-11)21(2,18)19/h5-7,9-10H,3-4,8,15H2,1-2H3,(H,16,17). The Morgan fingerprint density at radius 3 is 2.71 bits per heavy atom. The number of sulfone groups is 1. The fourth-order valence-corrected chi connectivity index (χ4v) is 3.01. The van der Waals surface area contributed by atoms with Gasteiger partial charge in [-0.15, -0.1) is 0 Å². The van der Waals surface area contributed by atoms with Crippen LogP contribution in [0.2, 0.25) is 0 Å². The molecule has 1 heterocycles. The maximum atomic E-state index is 12.2. The van der Waals surface area contributed by atoms with Crippen LogP contribution in [0.25, 0.3) is 0 Å². The van der Waals surface area contributed by atoms with Gasteiger partial charge in [-0.05, 0) is 31.5 Å². The first-order valence-electron chi connectivity index (χ1n) is 6.76. The summed E-state index contributed by atoms with van der Waals surface area (Å²) >= 11 is 0. The average molecular weight is 312 g/mol. The molecule has 0 saturated carbocycles. The Balaban J connectivity index is 2.17. The van der Waals surface area contributed by atoms with E-state index in [0.29, 0.717) is 13.2 Å². The van der Waals surface area contributed by atoms with Crippen molar-refractivity contribution >= 4 is 21.4 Å². The van der Waals surface area contributed by atoms with Gasteiger partial charge in [-0.3, -0.25) is 4.79 Å². The first kappa shape index (κ1) is 15.8. The van der Waals surface area contributed by atoms with E-state index in [1.54, 1.807) is 0 Å². The van der Waals surface area contributed by atoms with Gasteiger partial charge in [0.05, 0.1) is 11.5 Å². The van der Waals surface area contributed by atoms with Gasteiger partial charge in [0.2, 0.25) is 0 Å². The molecule has 1 saturated heterocycles. The van der Waals surface area contributed by atoms with Crippen molar-refractivity contribution < 1.29 is 17.9 Å². The van der Waals surface area contributed by atoms with Gasteiger partial charge in [0.15, 0.2) is 9.84 Å². The van der Waals surface area contributed by atoms with E-state index < -0.39 is 9.84 Å². The number of anilines is 1. The molecule has 0 aliphatic carbocycles. The van der Waals surface area contributed by atoms with E-state index in [1.807, 2.05) is 6.92 Å². The Hall–Kier alpha value is -1.60. The van der Waals surface area contributed by atoms with Gasteiger partial charge >= 0.3 is 0 Å². The van der Waals surface area contributed by atoms with E-state index in [1.165, 1.54) is 18.2 Å². The third-order valence-electron chi connectivity index (χ3n) is 3.65. The van der Waals surface area contributed by atoms with Crippen LogP contribution in [-0.4, -0.2) is 39.8 Å². The Labute approximate surface area is 124 Å². The fourth-order valence-electron chi connectivity index (χ4n) is 2.32. The summed E-state index contributed by atoms with van der Waals surface area (Å²) in [6, 6.07) is 4.13. The fraction of sp³-hybridized carbons (Fsp3) is 0.500. The van der Waals surface area contributed by atoms with Crippen LogP contribution in [0, 0.1) is 5.92 Å². The molecule has 1 aromatic carbocycles. The molecule has 7 heteroatoms. The van der Waals surface area contributed by atoms with Gasteiger partial charge in [0.1, 0.15) is 0 Å². The molecule has 2 atom stereocenters. The molecule has 1 aliphatic rings. The minimum atomic E-state index is -3.41. The second-order valence-electron chi connectivity index (χ2n) is 5.45. The number of hydrogen-bond donors (Lipinski definition) is 2. The van der Waals surface area contributed by atoms with Crippen molar-refractivity contribution in [1.29, 1.82) is 0 Å². The number of nitrogens with two attached hydrogens (primary N) is 1. The molecule has 3 N–H and O–H groups in total. The van der Waals surface area contributed by atoms with E-state index >= 15 is 0 Å². The summed E-state index contributed by atoms with van der Waals surface area (Å²) in [5.74, 6) is -0.0454. The van der Waals surface area contributed by atoms with Gasteiger partial charge < -0.3 is 15.8 Å². The lowest BCUT2D eigenvalue weighted by Crippen LogP contribution is -2.38. The molecule has 0 bridgehead atoms. The number of benzene rings is 1. The van der Waals surface area contributed by atoms with Crippen molar-refractivity contribution in [3.8, 4) is 0 Å². The summed E-state index contributed by atoms with van der Waals surface area (Å²) in [5, 5.41) is 2.87. The zero-order chi connectivity index (χ0) is 15.6. The van der Waals surface area contributed by atoms with Crippen LogP contribution < -0.4 is 11.1 Å². The summed E-state index contributed by atoms with van der Waals surface area (Å²) in [6.07, 6.45) is 1.99. The van der Waals surface area contributed by atoms with E-state index in [2.05, 4.69) is 5.32 Å². The Morgan fingerprint density at radius 1 is 1.43 bits per heavy atom. The summed E-state index contributed by atoms with van der Waals surface area (Å²) in [4.78, 5) is 12.3. The third kappa shape index (κ3) is 3.95. The molecule has 1 amide bonds. The monoisotopic (exact) mass is 312 g/mol. The van der Waals surface area contributed by atoms with Crippen LogP contribution in [-0.2, 0) is 14.6 Å². The van der Waals surface area contributed by atoms with Crippen LogP contribution >= 0.6 is 0 Å². The summed E-state index contributed by atoms with van der Waals surface area (Å²) < 4.78 is 28.5. The lowest BCUT2D eigenvalue weighted by molar-refractivity contribution is 0.0922. The SMILES string of the molecule is CC(NC(=O)c1cc(N)cc(S(C)(=O)=O)c1)C1CCOC1. The number of hydrogen-bond acceptors (Lipinski definition) is 5. The second kappa shape index (κ2) is 6.03. The van der Waals surface area contributed by atoms with Crippen molar-refractivity contribution in [3.63, 3.8) is 0 Å². The number of nitrogens with one attached hydrogen (secondary N) is 1. The van der Waals surface area contributed by atoms with Crippen molar-refractivity contribution in [2.24, 2.45) is 5.92 Å². The first-order valence-corrected chi connectivity index (χ1v) is 8.66. The molecule has 0 spiro atoms. The molecule has 1 fully saturated rings. The summed E-state index contributed by atoms with van der Waals surface area (Å²) in [5.41, 5.74) is 6.18. The number of ether oxygens (including phenoxy) is 1. The van der Waals surface area contributed by atoms with Crippen LogP contribution in [0.4, 0.5) is 5.69 Å². The highest BCUT2D eigenvalue weighted by atomic mass is 32.2. The van der Waals surface area contributed by atoms with Crippen LogP contribution in [0.1, 0.15) is 23.7 Å². The van der Waals surface area contributed by atoms with Gasteiger partial charge in [-0.25, -0.2) is 8.42 Å².